The summed E-state index contributed by atoms with van der Waals surface area (Å²) in [6.45, 7) is 3.43. The molecule has 6 heteroatoms. The molecule has 0 aliphatic heterocycles. The van der Waals surface area contributed by atoms with E-state index >= 15 is 0 Å². The molecule has 1 rings (SSSR count). The van der Waals surface area contributed by atoms with Crippen molar-refractivity contribution in [2.45, 2.75) is 20.0 Å². The minimum absolute atomic E-state index is 0.0887. The molecule has 1 aromatic heterocycles. The SMILES string of the molecule is CC(C)OC(=O)C(C#N)=Cc1cnn(C)n1. The first-order valence-corrected chi connectivity index (χ1v) is 4.72. The second-order valence-electron chi connectivity index (χ2n) is 3.38. The first-order chi connectivity index (χ1) is 7.52. The third kappa shape index (κ3) is 3.20. The van der Waals surface area contributed by atoms with Crippen LogP contribution in [-0.4, -0.2) is 27.1 Å². The molecule has 16 heavy (non-hydrogen) atoms. The van der Waals surface area contributed by atoms with Gasteiger partial charge in [0.15, 0.2) is 0 Å². The molecule has 0 atom stereocenters. The predicted molar refractivity (Wildman–Crippen MR) is 55.8 cm³/mol. The Bertz CT molecular complexity index is 454. The summed E-state index contributed by atoms with van der Waals surface area (Å²) < 4.78 is 4.90. The molecule has 0 aromatic carbocycles. The Morgan fingerprint density at radius 2 is 2.38 bits per heavy atom. The average Bonchev–Trinajstić information content (AvgIpc) is 2.59. The lowest BCUT2D eigenvalue weighted by Gasteiger charge is -2.05. The van der Waals surface area contributed by atoms with E-state index in [0.717, 1.165) is 0 Å². The number of esters is 1. The number of carbonyl (C=O) groups is 1. The van der Waals surface area contributed by atoms with E-state index in [2.05, 4.69) is 10.2 Å². The fourth-order valence-corrected chi connectivity index (χ4v) is 0.990. The molecule has 0 spiro atoms. The van der Waals surface area contributed by atoms with Crippen molar-refractivity contribution in [2.75, 3.05) is 0 Å². The summed E-state index contributed by atoms with van der Waals surface area (Å²) in [5.41, 5.74) is 0.356. The Hall–Kier alpha value is -2.16. The van der Waals surface area contributed by atoms with Crippen LogP contribution in [-0.2, 0) is 16.6 Å². The minimum atomic E-state index is -0.650. The highest BCUT2D eigenvalue weighted by atomic mass is 16.5. The van der Waals surface area contributed by atoms with Gasteiger partial charge in [0.05, 0.1) is 12.3 Å². The van der Waals surface area contributed by atoms with Gasteiger partial charge in [-0.25, -0.2) is 4.79 Å². The molecule has 0 radical (unpaired) electrons. The van der Waals surface area contributed by atoms with Crippen LogP contribution in [0.3, 0.4) is 0 Å². The maximum Gasteiger partial charge on any atom is 0.349 e. The summed E-state index contributed by atoms with van der Waals surface area (Å²) in [5, 5.41) is 16.6. The largest absolute Gasteiger partial charge is 0.459 e. The summed E-state index contributed by atoms with van der Waals surface area (Å²) >= 11 is 0. The number of aromatic nitrogens is 3. The van der Waals surface area contributed by atoms with Crippen molar-refractivity contribution in [3.63, 3.8) is 0 Å². The summed E-state index contributed by atoms with van der Waals surface area (Å²) in [5.74, 6) is -0.650. The standard InChI is InChI=1S/C10H12N4O2/c1-7(2)16-10(15)8(5-11)4-9-6-12-14(3)13-9/h4,6-7H,1-3H3. The molecule has 0 fully saturated rings. The van der Waals surface area contributed by atoms with Crippen molar-refractivity contribution in [3.05, 3.63) is 17.5 Å². The van der Waals surface area contributed by atoms with Crippen molar-refractivity contribution in [3.8, 4) is 6.07 Å². The number of aryl methyl sites for hydroxylation is 1. The van der Waals surface area contributed by atoms with Crippen molar-refractivity contribution in [2.24, 2.45) is 7.05 Å². The van der Waals surface area contributed by atoms with Gasteiger partial charge in [-0.3, -0.25) is 0 Å². The molecule has 84 valence electrons. The van der Waals surface area contributed by atoms with E-state index in [1.165, 1.54) is 17.1 Å². The number of nitriles is 1. The molecule has 1 aromatic rings. The molecule has 0 N–H and O–H groups in total. The lowest BCUT2D eigenvalue weighted by Crippen LogP contribution is -2.12. The Morgan fingerprint density at radius 3 is 2.81 bits per heavy atom. The van der Waals surface area contributed by atoms with Crippen LogP contribution in [0, 0.1) is 11.3 Å². The maximum atomic E-state index is 11.4. The van der Waals surface area contributed by atoms with Crippen molar-refractivity contribution < 1.29 is 9.53 Å². The van der Waals surface area contributed by atoms with Crippen LogP contribution < -0.4 is 0 Å². The monoisotopic (exact) mass is 220 g/mol. The van der Waals surface area contributed by atoms with Gasteiger partial charge in [0.2, 0.25) is 0 Å². The van der Waals surface area contributed by atoms with Crippen molar-refractivity contribution in [1.82, 2.24) is 15.0 Å². The lowest BCUT2D eigenvalue weighted by atomic mass is 10.2. The topological polar surface area (TPSA) is 80.8 Å². The van der Waals surface area contributed by atoms with E-state index in [-0.39, 0.29) is 11.7 Å². The highest BCUT2D eigenvalue weighted by Gasteiger charge is 2.12. The molecule has 0 unspecified atom stereocenters. The molecule has 0 aliphatic rings. The lowest BCUT2D eigenvalue weighted by molar-refractivity contribution is -0.142. The number of hydrogen-bond acceptors (Lipinski definition) is 5. The van der Waals surface area contributed by atoms with Gasteiger partial charge in [0, 0.05) is 7.05 Å². The van der Waals surface area contributed by atoms with Crippen molar-refractivity contribution >= 4 is 12.0 Å². The van der Waals surface area contributed by atoms with E-state index in [1.807, 2.05) is 0 Å². The van der Waals surface area contributed by atoms with Gasteiger partial charge in [-0.2, -0.15) is 20.3 Å². The smallest absolute Gasteiger partial charge is 0.349 e. The zero-order valence-corrected chi connectivity index (χ0v) is 9.34. The van der Waals surface area contributed by atoms with Crippen LogP contribution >= 0.6 is 0 Å². The third-order valence-electron chi connectivity index (χ3n) is 1.59. The zero-order chi connectivity index (χ0) is 12.1. The number of nitrogens with zero attached hydrogens (tertiary/aromatic N) is 4. The van der Waals surface area contributed by atoms with Crippen molar-refractivity contribution in [1.29, 1.82) is 5.26 Å². The number of hydrogen-bond donors (Lipinski definition) is 0. The van der Waals surface area contributed by atoms with Gasteiger partial charge in [0.1, 0.15) is 17.3 Å². The van der Waals surface area contributed by atoms with Gasteiger partial charge < -0.3 is 4.74 Å². The van der Waals surface area contributed by atoms with Gasteiger partial charge >= 0.3 is 5.97 Å². The quantitative estimate of drug-likeness (QED) is 0.425. The van der Waals surface area contributed by atoms with E-state index in [1.54, 1.807) is 27.0 Å². The molecule has 6 nitrogen and oxygen atoms in total. The van der Waals surface area contributed by atoms with Crippen LogP contribution in [0.25, 0.3) is 6.08 Å². The molecule has 0 aliphatic carbocycles. The Labute approximate surface area is 93.1 Å². The van der Waals surface area contributed by atoms with E-state index < -0.39 is 5.97 Å². The van der Waals surface area contributed by atoms with E-state index in [9.17, 15) is 4.79 Å². The minimum Gasteiger partial charge on any atom is -0.459 e. The van der Waals surface area contributed by atoms with Gasteiger partial charge in [-0.05, 0) is 19.9 Å². The van der Waals surface area contributed by atoms with Crippen LogP contribution in [0.15, 0.2) is 11.8 Å². The predicted octanol–water partition coefficient (Wildman–Crippen LogP) is 0.674. The van der Waals surface area contributed by atoms with E-state index in [0.29, 0.717) is 5.69 Å². The normalized spacial score (nSPS) is 11.3. The zero-order valence-electron chi connectivity index (χ0n) is 9.34. The number of rotatable bonds is 3. The van der Waals surface area contributed by atoms with Crippen LogP contribution in [0.5, 0.6) is 0 Å². The Morgan fingerprint density at radius 1 is 1.69 bits per heavy atom. The molecular formula is C10H12N4O2. The molecule has 0 saturated carbocycles. The highest BCUT2D eigenvalue weighted by molar-refractivity contribution is 5.97. The molecule has 1 heterocycles. The maximum absolute atomic E-state index is 11.4. The fourth-order valence-electron chi connectivity index (χ4n) is 0.990. The Balaban J connectivity index is 2.87. The first kappa shape index (κ1) is 11.9. The first-order valence-electron chi connectivity index (χ1n) is 4.72. The number of carbonyl (C=O) groups excluding carboxylic acids is 1. The summed E-state index contributed by atoms with van der Waals surface area (Å²) in [6.07, 6.45) is 2.55. The fraction of sp³-hybridized carbons (Fsp3) is 0.400. The average molecular weight is 220 g/mol. The molecule has 0 amide bonds. The molecular weight excluding hydrogens is 208 g/mol. The summed E-state index contributed by atoms with van der Waals surface area (Å²) in [7, 11) is 1.65. The van der Waals surface area contributed by atoms with Crippen LogP contribution in [0.2, 0.25) is 0 Å². The third-order valence-corrected chi connectivity index (χ3v) is 1.59. The Kier molecular flexibility index (Phi) is 3.78. The summed E-state index contributed by atoms with van der Waals surface area (Å²) in [4.78, 5) is 12.8. The summed E-state index contributed by atoms with van der Waals surface area (Å²) in [6, 6.07) is 1.77. The van der Waals surface area contributed by atoms with E-state index in [4.69, 9.17) is 10.00 Å². The van der Waals surface area contributed by atoms with Gasteiger partial charge in [-0.1, -0.05) is 0 Å². The van der Waals surface area contributed by atoms with Crippen LogP contribution in [0.1, 0.15) is 19.5 Å². The molecule has 0 saturated heterocycles. The van der Waals surface area contributed by atoms with Gasteiger partial charge in [0.25, 0.3) is 0 Å². The second kappa shape index (κ2) is 5.07. The highest BCUT2D eigenvalue weighted by Crippen LogP contribution is 2.05. The van der Waals surface area contributed by atoms with Crippen LogP contribution in [0.4, 0.5) is 0 Å². The number of ether oxygens (including phenoxy) is 1. The second-order valence-corrected chi connectivity index (χ2v) is 3.38. The molecule has 0 bridgehead atoms. The van der Waals surface area contributed by atoms with Gasteiger partial charge in [-0.15, -0.1) is 0 Å².